The number of aliphatic hydroxyl groups excluding tert-OH is 1. The molecule has 0 aliphatic carbocycles. The van der Waals surface area contributed by atoms with Crippen molar-refractivity contribution in [2.75, 3.05) is 11.9 Å². The molecule has 4 rings (SSSR count). The van der Waals surface area contributed by atoms with Crippen LogP contribution in [-0.2, 0) is 12.6 Å². The molecule has 0 saturated carbocycles. The molecule has 0 radical (unpaired) electrons. The molecule has 3 N–H and O–H groups in total. The van der Waals surface area contributed by atoms with Crippen LogP contribution in [0.25, 0.3) is 11.4 Å². The van der Waals surface area contributed by atoms with Gasteiger partial charge in [-0.3, -0.25) is 9.48 Å². The van der Waals surface area contributed by atoms with Gasteiger partial charge in [0.15, 0.2) is 0 Å². The minimum Gasteiger partial charge on any atom is -0.440 e. The molecular weight excluding hydrogens is 490 g/mol. The van der Waals surface area contributed by atoms with Gasteiger partial charge in [0, 0.05) is 23.8 Å². The van der Waals surface area contributed by atoms with Gasteiger partial charge >= 0.3 is 5.91 Å². The molecule has 4 aromatic rings. The Bertz CT molecular complexity index is 1300. The fraction of sp³-hybridized carbons (Fsp3) is 0.227. The summed E-state index contributed by atoms with van der Waals surface area (Å²) < 4.78 is 7.93. The van der Waals surface area contributed by atoms with Crippen molar-refractivity contribution < 1.29 is 14.3 Å². The van der Waals surface area contributed by atoms with E-state index >= 15 is 0 Å². The minimum atomic E-state index is -1.03. The lowest BCUT2D eigenvalue weighted by molar-refractivity contribution is 0.0814. The van der Waals surface area contributed by atoms with Gasteiger partial charge in [0.25, 0.3) is 5.89 Å². The van der Waals surface area contributed by atoms with Crippen LogP contribution < -0.4 is 10.6 Å². The summed E-state index contributed by atoms with van der Waals surface area (Å²) in [5, 5.41) is 20.0. The van der Waals surface area contributed by atoms with Gasteiger partial charge in [-0.2, -0.15) is 5.10 Å². The average molecular weight is 512 g/mol. The first-order chi connectivity index (χ1) is 15.8. The van der Waals surface area contributed by atoms with E-state index in [0.717, 1.165) is 21.4 Å². The van der Waals surface area contributed by atoms with Gasteiger partial charge in [-0.25, -0.2) is 15.0 Å². The van der Waals surface area contributed by atoms with E-state index in [0.29, 0.717) is 17.3 Å². The molecule has 0 aliphatic rings. The highest BCUT2D eigenvalue weighted by atomic mass is 79.9. The Hall–Kier alpha value is -3.57. The number of aliphatic hydroxyl groups is 1. The Morgan fingerprint density at radius 2 is 2.12 bits per heavy atom. The average Bonchev–Trinajstić information content (AvgIpc) is 3.44. The molecule has 3 aromatic heterocycles. The van der Waals surface area contributed by atoms with Gasteiger partial charge in [0.05, 0.1) is 18.3 Å². The molecule has 10 nitrogen and oxygen atoms in total. The van der Waals surface area contributed by atoms with Crippen LogP contribution >= 0.6 is 15.9 Å². The van der Waals surface area contributed by atoms with Crippen molar-refractivity contribution >= 4 is 33.6 Å². The van der Waals surface area contributed by atoms with Crippen molar-refractivity contribution in [2.24, 2.45) is 7.05 Å². The second-order valence-corrected chi connectivity index (χ2v) is 8.60. The molecule has 170 valence electrons. The van der Waals surface area contributed by atoms with Crippen LogP contribution in [0.2, 0.25) is 0 Å². The maximum Gasteiger partial charge on any atom is 0.307 e. The Morgan fingerprint density at radius 1 is 1.30 bits per heavy atom. The Morgan fingerprint density at radius 3 is 2.82 bits per heavy atom. The van der Waals surface area contributed by atoms with E-state index in [9.17, 15) is 9.90 Å². The van der Waals surface area contributed by atoms with E-state index < -0.39 is 11.4 Å². The molecule has 1 amide bonds. The van der Waals surface area contributed by atoms with Crippen LogP contribution in [-0.4, -0.2) is 42.4 Å². The number of aryl methyl sites for hydroxylation is 2. The number of aromatic nitrogens is 5. The first-order valence-corrected chi connectivity index (χ1v) is 10.8. The molecule has 0 aliphatic heterocycles. The molecule has 0 spiro atoms. The summed E-state index contributed by atoms with van der Waals surface area (Å²) in [6.07, 6.45) is 4.69. The number of anilines is 2. The Kier molecular flexibility index (Phi) is 6.25. The van der Waals surface area contributed by atoms with Crippen LogP contribution in [0.4, 0.5) is 11.8 Å². The lowest BCUT2D eigenvalue weighted by atomic mass is 9.93. The van der Waals surface area contributed by atoms with Gasteiger partial charge in [-0.15, -0.1) is 0 Å². The number of nitrogens with one attached hydrogen (secondary N) is 2. The first kappa shape index (κ1) is 22.6. The molecule has 33 heavy (non-hydrogen) atoms. The van der Waals surface area contributed by atoms with E-state index in [-0.39, 0.29) is 12.5 Å². The highest BCUT2D eigenvalue weighted by Gasteiger charge is 2.30. The van der Waals surface area contributed by atoms with Gasteiger partial charge in [-0.1, -0.05) is 28.1 Å². The maximum absolute atomic E-state index is 12.9. The summed E-state index contributed by atoms with van der Waals surface area (Å²) in [6.45, 7) is 3.26. The van der Waals surface area contributed by atoms with Crippen LogP contribution in [0, 0.1) is 6.92 Å². The van der Waals surface area contributed by atoms with Gasteiger partial charge in [-0.05, 0) is 37.1 Å². The van der Waals surface area contributed by atoms with Crippen LogP contribution in [0.15, 0.2) is 57.9 Å². The Balaban J connectivity index is 1.57. The zero-order valence-corrected chi connectivity index (χ0v) is 19.8. The normalized spacial score (nSPS) is 12.9. The molecule has 3 heterocycles. The van der Waals surface area contributed by atoms with Crippen molar-refractivity contribution in [1.82, 2.24) is 30.0 Å². The second kappa shape index (κ2) is 9.12. The fourth-order valence-electron chi connectivity index (χ4n) is 3.20. The van der Waals surface area contributed by atoms with Crippen molar-refractivity contribution in [3.8, 4) is 11.4 Å². The monoisotopic (exact) mass is 511 g/mol. The summed E-state index contributed by atoms with van der Waals surface area (Å²) in [7, 11) is 1.80. The highest BCUT2D eigenvalue weighted by Crippen LogP contribution is 2.26. The van der Waals surface area contributed by atoms with Crippen molar-refractivity contribution in [3.05, 3.63) is 70.5 Å². The second-order valence-electron chi connectivity index (χ2n) is 7.68. The number of hydrogen-bond donors (Lipinski definition) is 3. The number of amides is 1. The summed E-state index contributed by atoms with van der Waals surface area (Å²) in [5.41, 5.74) is 1.38. The number of carbonyl (C=O) groups excluding carboxylic acids is 1. The van der Waals surface area contributed by atoms with Gasteiger partial charge < -0.3 is 20.2 Å². The van der Waals surface area contributed by atoms with E-state index in [4.69, 9.17) is 4.42 Å². The molecular formula is C22H22BrN7O3. The topological polar surface area (TPSA) is 131 Å². The van der Waals surface area contributed by atoms with Crippen molar-refractivity contribution in [3.63, 3.8) is 0 Å². The van der Waals surface area contributed by atoms with Crippen LogP contribution in [0.1, 0.15) is 28.7 Å². The van der Waals surface area contributed by atoms with E-state index in [1.54, 1.807) is 37.1 Å². The van der Waals surface area contributed by atoms with Crippen LogP contribution in [0.5, 0.6) is 0 Å². The molecule has 1 atom stereocenters. The molecule has 0 fully saturated rings. The molecule has 0 bridgehead atoms. The largest absolute Gasteiger partial charge is 0.440 e. The van der Waals surface area contributed by atoms with Crippen LogP contribution in [0.3, 0.4) is 0 Å². The van der Waals surface area contributed by atoms with E-state index in [1.807, 2.05) is 31.2 Å². The Labute approximate surface area is 198 Å². The summed E-state index contributed by atoms with van der Waals surface area (Å²) in [5.74, 6) is 0.383. The number of nitrogens with zero attached hydrogens (tertiary/aromatic N) is 5. The third-order valence-corrected chi connectivity index (χ3v) is 5.63. The smallest absolute Gasteiger partial charge is 0.307 e. The molecule has 1 aromatic carbocycles. The van der Waals surface area contributed by atoms with Gasteiger partial charge in [0.2, 0.25) is 5.95 Å². The predicted octanol–water partition coefficient (Wildman–Crippen LogP) is 3.32. The molecule has 0 unspecified atom stereocenters. The number of benzene rings is 1. The van der Waals surface area contributed by atoms with E-state index in [2.05, 4.69) is 46.6 Å². The lowest BCUT2D eigenvalue weighted by Gasteiger charge is -2.28. The maximum atomic E-state index is 12.9. The zero-order chi connectivity index (χ0) is 23.6. The van der Waals surface area contributed by atoms with E-state index in [1.165, 1.54) is 6.26 Å². The third kappa shape index (κ3) is 4.78. The number of carbonyl (C=O) groups is 1. The van der Waals surface area contributed by atoms with Crippen molar-refractivity contribution in [2.45, 2.75) is 19.4 Å². The summed E-state index contributed by atoms with van der Waals surface area (Å²) >= 11 is 3.41. The first-order valence-electron chi connectivity index (χ1n) is 10.0. The number of halogens is 1. The fourth-order valence-corrected chi connectivity index (χ4v) is 3.60. The summed E-state index contributed by atoms with van der Waals surface area (Å²) in [6, 6.07) is 9.15. The SMILES string of the molecule is Cc1cnc(Nc2ccnn2C)nc1-c1coc(C(=O)N[C@](C)(CO)c2cccc(Br)c2)n1. The zero-order valence-electron chi connectivity index (χ0n) is 18.2. The molecule has 11 heteroatoms. The number of oxazole rings is 1. The molecule has 0 saturated heterocycles. The quantitative estimate of drug-likeness (QED) is 0.344. The summed E-state index contributed by atoms with van der Waals surface area (Å²) in [4.78, 5) is 26.0. The predicted molar refractivity (Wildman–Crippen MR) is 125 cm³/mol. The highest BCUT2D eigenvalue weighted by molar-refractivity contribution is 9.10. The van der Waals surface area contributed by atoms with Gasteiger partial charge in [0.1, 0.15) is 23.5 Å². The lowest BCUT2D eigenvalue weighted by Crippen LogP contribution is -2.46. The number of hydrogen-bond acceptors (Lipinski definition) is 8. The standard InChI is InChI=1S/C22H22BrN7O3/c1-13-10-24-21(27-17-7-8-25-30(17)3)28-18(13)16-11-33-20(26-16)19(32)29-22(2,12-31)14-5-4-6-15(23)9-14/h4-11,31H,12H2,1-3H3,(H,29,32)(H,24,27,28)/t22-/m1/s1. The van der Waals surface area contributed by atoms with Crippen molar-refractivity contribution in [1.29, 1.82) is 0 Å². The number of rotatable bonds is 7. The third-order valence-electron chi connectivity index (χ3n) is 5.14. The minimum absolute atomic E-state index is 0.140.